The first-order chi connectivity index (χ1) is 10.7. The van der Waals surface area contributed by atoms with Crippen LogP contribution in [0.4, 0.5) is 13.2 Å². The fraction of sp³-hybridized carbons (Fsp3) is 0.294. The van der Waals surface area contributed by atoms with E-state index >= 15 is 0 Å². The summed E-state index contributed by atoms with van der Waals surface area (Å²) in [5.74, 6) is 0.0708. The highest BCUT2D eigenvalue weighted by Gasteiger charge is 2.64. The van der Waals surface area contributed by atoms with E-state index < -0.39 is 16.1 Å². The van der Waals surface area contributed by atoms with Gasteiger partial charge < -0.3 is 4.74 Å². The van der Waals surface area contributed by atoms with Crippen LogP contribution in [0, 0.1) is 0 Å². The summed E-state index contributed by atoms with van der Waals surface area (Å²) in [6.45, 7) is 0. The number of rotatable bonds is 3. The molecule has 6 heteroatoms. The quantitative estimate of drug-likeness (QED) is 0.631. The summed E-state index contributed by atoms with van der Waals surface area (Å²) in [4.78, 5) is 0. The van der Waals surface area contributed by atoms with Crippen LogP contribution in [0.15, 0.2) is 48.5 Å². The summed E-state index contributed by atoms with van der Waals surface area (Å²) in [5.41, 5.74) is 0.670. The minimum absolute atomic E-state index is 0.250. The molecule has 0 aliphatic heterocycles. The Hall–Kier alpha value is -1.39. The van der Waals surface area contributed by atoms with Crippen LogP contribution in [0.3, 0.4) is 0 Å². The molecule has 1 aliphatic carbocycles. The van der Waals surface area contributed by atoms with E-state index in [1.54, 1.807) is 25.3 Å². The Kier molecular flexibility index (Phi) is 4.01. The lowest BCUT2D eigenvalue weighted by atomic mass is 10.0. The zero-order valence-corrected chi connectivity index (χ0v) is 13.6. The van der Waals surface area contributed by atoms with Gasteiger partial charge in [0, 0.05) is 11.8 Å². The van der Waals surface area contributed by atoms with Gasteiger partial charge in [0.2, 0.25) is 0 Å². The van der Waals surface area contributed by atoms with Gasteiger partial charge in [-0.1, -0.05) is 30.3 Å². The zero-order valence-electron chi connectivity index (χ0n) is 12.1. The lowest BCUT2D eigenvalue weighted by Gasteiger charge is -2.08. The van der Waals surface area contributed by atoms with Crippen LogP contribution in [0.25, 0.3) is 0 Å². The first-order valence-electron chi connectivity index (χ1n) is 6.94. The summed E-state index contributed by atoms with van der Waals surface area (Å²) in [6.07, 6.45) is -4.39. The van der Waals surface area contributed by atoms with Gasteiger partial charge in [-0.05, 0) is 29.3 Å². The SMILES string of the molecule is COc1ccc([C@H]2[C@H](c3cccc(C(F)(F)F)c3)C2(Cl)Cl)cc1. The average Bonchev–Trinajstić information content (AvgIpc) is 3.09. The smallest absolute Gasteiger partial charge is 0.416 e. The van der Waals surface area contributed by atoms with Crippen LogP contribution in [0.2, 0.25) is 0 Å². The Bertz CT molecular complexity index is 711. The van der Waals surface area contributed by atoms with Crippen molar-refractivity contribution < 1.29 is 17.9 Å². The number of alkyl halides is 5. The van der Waals surface area contributed by atoms with Crippen LogP contribution >= 0.6 is 23.2 Å². The molecular weight excluding hydrogens is 348 g/mol. The summed E-state index contributed by atoms with van der Waals surface area (Å²) >= 11 is 12.7. The van der Waals surface area contributed by atoms with Gasteiger partial charge in [0.05, 0.1) is 12.7 Å². The molecule has 0 amide bonds. The molecule has 23 heavy (non-hydrogen) atoms. The monoisotopic (exact) mass is 360 g/mol. The summed E-state index contributed by atoms with van der Waals surface area (Å²) in [6, 6.07) is 12.4. The van der Waals surface area contributed by atoms with E-state index in [1.807, 2.05) is 12.1 Å². The molecule has 2 aromatic carbocycles. The minimum atomic E-state index is -4.39. The van der Waals surface area contributed by atoms with E-state index in [0.717, 1.165) is 17.7 Å². The number of benzene rings is 2. The van der Waals surface area contributed by atoms with Crippen LogP contribution in [-0.2, 0) is 6.18 Å². The number of methoxy groups -OCH3 is 1. The second kappa shape index (κ2) is 5.60. The summed E-state index contributed by atoms with van der Waals surface area (Å²) in [7, 11) is 1.56. The molecule has 3 rings (SSSR count). The van der Waals surface area contributed by atoms with E-state index in [4.69, 9.17) is 27.9 Å². The van der Waals surface area contributed by atoms with E-state index in [1.165, 1.54) is 6.07 Å². The van der Waals surface area contributed by atoms with Gasteiger partial charge in [0.15, 0.2) is 0 Å². The molecule has 0 saturated heterocycles. The van der Waals surface area contributed by atoms with E-state index in [9.17, 15) is 13.2 Å². The molecule has 0 aromatic heterocycles. The van der Waals surface area contributed by atoms with Gasteiger partial charge in [-0.2, -0.15) is 13.2 Å². The zero-order chi connectivity index (χ0) is 16.8. The van der Waals surface area contributed by atoms with Crippen molar-refractivity contribution in [2.75, 3.05) is 7.11 Å². The summed E-state index contributed by atoms with van der Waals surface area (Å²) < 4.78 is 42.6. The van der Waals surface area contributed by atoms with Crippen molar-refractivity contribution in [1.29, 1.82) is 0 Å². The molecule has 1 saturated carbocycles. The second-order valence-corrected chi connectivity index (χ2v) is 6.97. The Morgan fingerprint density at radius 3 is 2.13 bits per heavy atom. The van der Waals surface area contributed by atoms with Crippen molar-refractivity contribution in [3.63, 3.8) is 0 Å². The van der Waals surface area contributed by atoms with Crippen molar-refractivity contribution in [3.05, 3.63) is 65.2 Å². The van der Waals surface area contributed by atoms with Gasteiger partial charge in [0.1, 0.15) is 10.1 Å². The molecule has 0 N–H and O–H groups in total. The lowest BCUT2D eigenvalue weighted by Crippen LogP contribution is -2.05. The molecule has 1 fully saturated rings. The standard InChI is InChI=1S/C17H13Cl2F3O/c1-23-13-7-5-10(6-8-13)14-15(16(14,18)19)11-3-2-4-12(9-11)17(20,21)22/h2-9,14-15H,1H3/t14-,15-/m0/s1. The van der Waals surface area contributed by atoms with Crippen LogP contribution in [-0.4, -0.2) is 11.4 Å². The number of halogens is 5. The van der Waals surface area contributed by atoms with Gasteiger partial charge >= 0.3 is 6.18 Å². The van der Waals surface area contributed by atoms with Gasteiger partial charge in [-0.3, -0.25) is 0 Å². The minimum Gasteiger partial charge on any atom is -0.497 e. The fourth-order valence-electron chi connectivity index (χ4n) is 2.88. The van der Waals surface area contributed by atoms with Gasteiger partial charge in [-0.25, -0.2) is 0 Å². The Morgan fingerprint density at radius 2 is 1.57 bits per heavy atom. The average molecular weight is 361 g/mol. The van der Waals surface area contributed by atoms with Gasteiger partial charge in [0.25, 0.3) is 0 Å². The highest BCUT2D eigenvalue weighted by atomic mass is 35.5. The van der Waals surface area contributed by atoms with E-state index in [0.29, 0.717) is 11.3 Å². The molecule has 0 heterocycles. The normalized spacial score (nSPS) is 22.7. The molecule has 0 spiro atoms. The number of ether oxygens (including phenoxy) is 1. The topological polar surface area (TPSA) is 9.23 Å². The van der Waals surface area contributed by atoms with Gasteiger partial charge in [-0.15, -0.1) is 23.2 Å². The van der Waals surface area contributed by atoms with Crippen molar-refractivity contribution >= 4 is 23.2 Å². The molecule has 2 atom stereocenters. The molecule has 2 aromatic rings. The van der Waals surface area contributed by atoms with Crippen LogP contribution in [0.5, 0.6) is 5.75 Å². The van der Waals surface area contributed by atoms with E-state index in [2.05, 4.69) is 0 Å². The molecule has 0 unspecified atom stereocenters. The highest BCUT2D eigenvalue weighted by molar-refractivity contribution is 6.52. The molecule has 122 valence electrons. The Morgan fingerprint density at radius 1 is 0.957 bits per heavy atom. The van der Waals surface area contributed by atoms with Crippen LogP contribution in [0.1, 0.15) is 28.5 Å². The van der Waals surface area contributed by atoms with Crippen molar-refractivity contribution in [2.45, 2.75) is 22.3 Å². The Labute approximate surface area is 142 Å². The van der Waals surface area contributed by atoms with Crippen molar-refractivity contribution in [1.82, 2.24) is 0 Å². The van der Waals surface area contributed by atoms with Crippen LogP contribution < -0.4 is 4.74 Å². The molecule has 0 radical (unpaired) electrons. The maximum Gasteiger partial charge on any atom is 0.416 e. The number of hydrogen-bond donors (Lipinski definition) is 0. The molecular formula is C17H13Cl2F3O. The van der Waals surface area contributed by atoms with E-state index in [-0.39, 0.29) is 11.8 Å². The maximum absolute atomic E-state index is 12.9. The lowest BCUT2D eigenvalue weighted by molar-refractivity contribution is -0.137. The Balaban J connectivity index is 1.91. The highest BCUT2D eigenvalue weighted by Crippen LogP contribution is 2.70. The molecule has 0 bridgehead atoms. The molecule has 1 nitrogen and oxygen atoms in total. The third kappa shape index (κ3) is 3.02. The first kappa shape index (κ1) is 16.5. The van der Waals surface area contributed by atoms with Crippen molar-refractivity contribution in [3.8, 4) is 5.75 Å². The summed E-state index contributed by atoms with van der Waals surface area (Å²) in [5, 5.41) is 0. The van der Waals surface area contributed by atoms with Crippen molar-refractivity contribution in [2.24, 2.45) is 0 Å². The number of hydrogen-bond acceptors (Lipinski definition) is 1. The largest absolute Gasteiger partial charge is 0.497 e. The second-order valence-electron chi connectivity index (χ2n) is 5.53. The molecule has 1 aliphatic rings. The first-order valence-corrected chi connectivity index (χ1v) is 7.69. The third-order valence-corrected chi connectivity index (χ3v) is 5.04. The predicted molar refractivity (Wildman–Crippen MR) is 84.4 cm³/mol. The third-order valence-electron chi connectivity index (χ3n) is 4.10. The fourth-order valence-corrected chi connectivity index (χ4v) is 3.76. The predicted octanol–water partition coefficient (Wildman–Crippen LogP) is 5.77. The maximum atomic E-state index is 12.9.